The van der Waals surface area contributed by atoms with E-state index in [1.807, 2.05) is 35.7 Å². The molecule has 1 aliphatic rings. The van der Waals surface area contributed by atoms with E-state index in [-0.39, 0.29) is 24.7 Å². The van der Waals surface area contributed by atoms with Crippen molar-refractivity contribution in [2.45, 2.75) is 32.2 Å². The summed E-state index contributed by atoms with van der Waals surface area (Å²) in [6.07, 6.45) is 7.60. The van der Waals surface area contributed by atoms with Crippen LogP contribution in [0.2, 0.25) is 0 Å². The second kappa shape index (κ2) is 9.23. The number of pyridine rings is 1. The Kier molecular flexibility index (Phi) is 6.00. The van der Waals surface area contributed by atoms with Gasteiger partial charge in [-0.3, -0.25) is 9.36 Å². The molecule has 0 aliphatic heterocycles. The van der Waals surface area contributed by atoms with Crippen LogP contribution >= 0.6 is 11.3 Å². The number of amides is 1. The van der Waals surface area contributed by atoms with Gasteiger partial charge in [-0.1, -0.05) is 24.3 Å². The van der Waals surface area contributed by atoms with Crippen LogP contribution in [-0.4, -0.2) is 27.0 Å². The molecule has 5 nitrogen and oxygen atoms in total. The normalized spacial score (nSPS) is 14.7. The number of hydrogen-bond donors (Lipinski definition) is 1. The Morgan fingerprint density at radius 3 is 2.91 bits per heavy atom. The zero-order valence-corrected chi connectivity index (χ0v) is 18.6. The van der Waals surface area contributed by atoms with Crippen LogP contribution in [0.25, 0.3) is 22.6 Å². The largest absolute Gasteiger partial charge is 0.352 e. The smallest absolute Gasteiger partial charge is 0.319 e. The maximum absolute atomic E-state index is 13.4. The highest BCUT2D eigenvalue weighted by Gasteiger charge is 2.25. The van der Waals surface area contributed by atoms with E-state index < -0.39 is 6.55 Å². The van der Waals surface area contributed by atoms with Gasteiger partial charge in [0.25, 0.3) is 5.91 Å². The Labute approximate surface area is 193 Å². The van der Waals surface area contributed by atoms with E-state index in [9.17, 15) is 13.6 Å². The number of nitrogens with zero attached hydrogens (tertiary/aromatic N) is 3. The van der Waals surface area contributed by atoms with Crippen LogP contribution in [0, 0.1) is 0 Å². The summed E-state index contributed by atoms with van der Waals surface area (Å²) >= 11 is 1.67. The molecule has 0 saturated heterocycles. The van der Waals surface area contributed by atoms with E-state index in [4.69, 9.17) is 4.98 Å². The first-order valence-electron chi connectivity index (χ1n) is 10.9. The van der Waals surface area contributed by atoms with Crippen LogP contribution in [0.1, 0.15) is 51.7 Å². The Bertz CT molecular complexity index is 1330. The Balaban J connectivity index is 1.48. The fourth-order valence-electron chi connectivity index (χ4n) is 4.37. The van der Waals surface area contributed by atoms with Crippen molar-refractivity contribution in [1.29, 1.82) is 0 Å². The lowest BCUT2D eigenvalue weighted by Gasteiger charge is -2.22. The highest BCUT2D eigenvalue weighted by atomic mass is 32.1. The van der Waals surface area contributed by atoms with Gasteiger partial charge in [-0.15, -0.1) is 11.3 Å². The SMILES string of the molecule is O=C(NCCc1nccn1C(F)F)c1c2c(nc3ccccc13)/C(=C\c1cccs1)CCC2. The number of rotatable bonds is 6. The molecule has 3 aromatic heterocycles. The van der Waals surface area contributed by atoms with Crippen molar-refractivity contribution in [2.75, 3.05) is 6.54 Å². The van der Waals surface area contributed by atoms with E-state index >= 15 is 0 Å². The predicted octanol–water partition coefficient (Wildman–Crippen LogP) is 5.74. The van der Waals surface area contributed by atoms with Gasteiger partial charge in [-0.25, -0.2) is 9.97 Å². The molecule has 168 valence electrons. The van der Waals surface area contributed by atoms with Crippen molar-refractivity contribution >= 4 is 39.8 Å². The van der Waals surface area contributed by atoms with E-state index in [1.54, 1.807) is 11.3 Å². The second-order valence-corrected chi connectivity index (χ2v) is 8.88. The molecule has 1 aliphatic carbocycles. The van der Waals surface area contributed by atoms with Crippen molar-refractivity contribution in [3.63, 3.8) is 0 Å². The summed E-state index contributed by atoms with van der Waals surface area (Å²) in [5.74, 6) is 0.0328. The molecule has 1 aromatic carbocycles. The fraction of sp³-hybridized carbons (Fsp3) is 0.240. The van der Waals surface area contributed by atoms with Crippen LogP contribution in [0.3, 0.4) is 0 Å². The van der Waals surface area contributed by atoms with Gasteiger partial charge in [0.15, 0.2) is 0 Å². The lowest BCUT2D eigenvalue weighted by Crippen LogP contribution is -2.28. The van der Waals surface area contributed by atoms with Gasteiger partial charge in [0.1, 0.15) is 5.82 Å². The third-order valence-electron chi connectivity index (χ3n) is 5.85. The highest BCUT2D eigenvalue weighted by molar-refractivity contribution is 7.10. The molecule has 1 N–H and O–H groups in total. The molecule has 0 unspecified atom stereocenters. The summed E-state index contributed by atoms with van der Waals surface area (Å²) in [4.78, 5) is 23.5. The summed E-state index contributed by atoms with van der Waals surface area (Å²) in [7, 11) is 0. The molecule has 0 fully saturated rings. The quantitative estimate of drug-likeness (QED) is 0.396. The average molecular weight is 465 g/mol. The first kappa shape index (κ1) is 21.5. The number of hydrogen-bond acceptors (Lipinski definition) is 4. The number of imidazole rings is 1. The van der Waals surface area contributed by atoms with Crippen molar-refractivity contribution in [1.82, 2.24) is 19.9 Å². The number of carbonyl (C=O) groups is 1. The molecule has 0 saturated carbocycles. The third kappa shape index (κ3) is 4.30. The maximum Gasteiger partial charge on any atom is 0.319 e. The minimum absolute atomic E-state index is 0.211. The van der Waals surface area contributed by atoms with Crippen molar-refractivity contribution in [3.8, 4) is 0 Å². The van der Waals surface area contributed by atoms with Crippen molar-refractivity contribution in [3.05, 3.63) is 81.7 Å². The minimum Gasteiger partial charge on any atom is -0.352 e. The second-order valence-electron chi connectivity index (χ2n) is 7.90. The van der Waals surface area contributed by atoms with Crippen molar-refractivity contribution < 1.29 is 13.6 Å². The number of carbonyl (C=O) groups excluding carboxylic acids is 1. The fourth-order valence-corrected chi connectivity index (χ4v) is 5.05. The van der Waals surface area contributed by atoms with Gasteiger partial charge in [-0.2, -0.15) is 8.78 Å². The predicted molar refractivity (Wildman–Crippen MR) is 126 cm³/mol. The van der Waals surface area contributed by atoms with Gasteiger partial charge < -0.3 is 5.32 Å². The van der Waals surface area contributed by atoms with Gasteiger partial charge in [0, 0.05) is 35.6 Å². The number of nitrogens with one attached hydrogen (secondary N) is 1. The minimum atomic E-state index is -2.65. The topological polar surface area (TPSA) is 59.8 Å². The van der Waals surface area contributed by atoms with Crippen LogP contribution in [0.15, 0.2) is 54.2 Å². The van der Waals surface area contributed by atoms with Gasteiger partial charge in [0.05, 0.1) is 16.8 Å². The molecule has 0 radical (unpaired) electrons. The van der Waals surface area contributed by atoms with E-state index in [2.05, 4.69) is 22.4 Å². The van der Waals surface area contributed by atoms with Gasteiger partial charge >= 0.3 is 6.55 Å². The van der Waals surface area contributed by atoms with Crippen LogP contribution in [0.5, 0.6) is 0 Å². The number of fused-ring (bicyclic) bond motifs is 2. The number of thiophene rings is 1. The van der Waals surface area contributed by atoms with Crippen LogP contribution in [-0.2, 0) is 12.8 Å². The van der Waals surface area contributed by atoms with Gasteiger partial charge in [-0.05, 0) is 54.0 Å². The maximum atomic E-state index is 13.4. The standard InChI is InChI=1S/C25H22F2N4OS/c26-25(27)31-13-12-28-21(31)10-11-29-24(32)22-18-7-1-2-9-20(18)30-23-16(5-3-8-19(22)23)15-17-6-4-14-33-17/h1-2,4,6-7,9,12-15,25H,3,5,8,10-11H2,(H,29,32)/b16-15-. The summed E-state index contributed by atoms with van der Waals surface area (Å²) in [6, 6.07) is 11.7. The molecule has 0 atom stereocenters. The summed E-state index contributed by atoms with van der Waals surface area (Å²) in [5.41, 5.74) is 4.37. The molecule has 1 amide bonds. The van der Waals surface area contributed by atoms with Crippen LogP contribution in [0.4, 0.5) is 8.78 Å². The molecule has 8 heteroatoms. The Morgan fingerprint density at radius 1 is 1.21 bits per heavy atom. The number of halogens is 2. The number of aromatic nitrogens is 3. The summed E-state index contributed by atoms with van der Waals surface area (Å²) in [6.45, 7) is -2.44. The van der Waals surface area contributed by atoms with E-state index in [0.29, 0.717) is 5.56 Å². The van der Waals surface area contributed by atoms with E-state index in [1.165, 1.54) is 12.4 Å². The molecule has 0 spiro atoms. The number of alkyl halides is 2. The summed E-state index contributed by atoms with van der Waals surface area (Å²) < 4.78 is 27.0. The zero-order chi connectivity index (χ0) is 22.8. The Hall–Kier alpha value is -3.39. The first-order valence-corrected chi connectivity index (χ1v) is 11.7. The first-order chi connectivity index (χ1) is 16.1. The van der Waals surface area contributed by atoms with Crippen molar-refractivity contribution in [2.24, 2.45) is 0 Å². The molecule has 3 heterocycles. The molecule has 4 aromatic rings. The number of allylic oxidation sites excluding steroid dienone is 1. The number of benzene rings is 1. The molecule has 5 rings (SSSR count). The molecule has 33 heavy (non-hydrogen) atoms. The Morgan fingerprint density at radius 2 is 2.09 bits per heavy atom. The summed E-state index contributed by atoms with van der Waals surface area (Å²) in [5, 5.41) is 5.77. The van der Waals surface area contributed by atoms with Gasteiger partial charge in [0.2, 0.25) is 0 Å². The monoisotopic (exact) mass is 464 g/mol. The van der Waals surface area contributed by atoms with Crippen LogP contribution < -0.4 is 5.32 Å². The lowest BCUT2D eigenvalue weighted by molar-refractivity contribution is 0.0670. The molecular formula is C25H22F2N4OS. The highest BCUT2D eigenvalue weighted by Crippen LogP contribution is 2.36. The molecule has 0 bridgehead atoms. The lowest BCUT2D eigenvalue weighted by atomic mass is 9.86. The zero-order valence-electron chi connectivity index (χ0n) is 17.8. The molecular weight excluding hydrogens is 442 g/mol. The number of para-hydroxylation sites is 1. The average Bonchev–Trinajstić information content (AvgIpc) is 3.50. The third-order valence-corrected chi connectivity index (χ3v) is 6.67. The van der Waals surface area contributed by atoms with E-state index in [0.717, 1.165) is 56.4 Å².